The Hall–Kier alpha value is -3.28. The standard InChI is InChI=1S/C11H7N5O4/c1-14-9(6-12)11(16(19)20)13-10(14)7-4-2-3-5-8(7)15(17)18/h2-5H,1H3. The van der Waals surface area contributed by atoms with E-state index in [0.29, 0.717) is 0 Å². The Labute approximate surface area is 112 Å². The van der Waals surface area contributed by atoms with Gasteiger partial charge < -0.3 is 10.1 Å². The van der Waals surface area contributed by atoms with Crippen LogP contribution in [0.3, 0.4) is 0 Å². The second-order valence-corrected chi connectivity index (χ2v) is 3.81. The number of rotatable bonds is 3. The largest absolute Gasteiger partial charge is 0.400 e. The van der Waals surface area contributed by atoms with Gasteiger partial charge in [-0.3, -0.25) is 14.7 Å². The molecule has 1 heterocycles. The summed E-state index contributed by atoms with van der Waals surface area (Å²) in [6, 6.07) is 7.39. The summed E-state index contributed by atoms with van der Waals surface area (Å²) >= 11 is 0. The fraction of sp³-hybridized carbons (Fsp3) is 0.0909. The van der Waals surface area contributed by atoms with Crippen molar-refractivity contribution in [2.75, 3.05) is 0 Å². The lowest BCUT2D eigenvalue weighted by atomic mass is 10.1. The molecule has 0 N–H and O–H groups in total. The predicted molar refractivity (Wildman–Crippen MR) is 66.7 cm³/mol. The summed E-state index contributed by atoms with van der Waals surface area (Å²) in [7, 11) is 1.39. The molecule has 0 saturated heterocycles. The normalized spacial score (nSPS) is 10.0. The van der Waals surface area contributed by atoms with Crippen LogP contribution < -0.4 is 0 Å². The van der Waals surface area contributed by atoms with Gasteiger partial charge in [0, 0.05) is 13.1 Å². The second-order valence-electron chi connectivity index (χ2n) is 3.81. The van der Waals surface area contributed by atoms with Crippen LogP contribution in [0.2, 0.25) is 0 Å². The van der Waals surface area contributed by atoms with Gasteiger partial charge in [0.15, 0.2) is 0 Å². The molecule has 0 atom stereocenters. The summed E-state index contributed by atoms with van der Waals surface area (Å²) in [6.07, 6.45) is 0. The molecule has 100 valence electrons. The van der Waals surface area contributed by atoms with Gasteiger partial charge in [-0.05, 0) is 16.0 Å². The summed E-state index contributed by atoms with van der Waals surface area (Å²) in [5, 5.41) is 30.7. The van der Waals surface area contributed by atoms with Crippen molar-refractivity contribution in [2.45, 2.75) is 0 Å². The summed E-state index contributed by atoms with van der Waals surface area (Å²) in [4.78, 5) is 24.1. The van der Waals surface area contributed by atoms with Crippen molar-refractivity contribution in [3.8, 4) is 17.5 Å². The lowest BCUT2D eigenvalue weighted by molar-refractivity contribution is -0.389. The van der Waals surface area contributed by atoms with E-state index in [0.717, 1.165) is 0 Å². The van der Waals surface area contributed by atoms with Crippen LogP contribution in [-0.2, 0) is 7.05 Å². The third-order valence-corrected chi connectivity index (χ3v) is 2.70. The fourth-order valence-corrected chi connectivity index (χ4v) is 1.80. The second kappa shape index (κ2) is 4.77. The van der Waals surface area contributed by atoms with Crippen molar-refractivity contribution in [1.29, 1.82) is 5.26 Å². The lowest BCUT2D eigenvalue weighted by Crippen LogP contribution is -1.99. The maximum atomic E-state index is 11.0. The summed E-state index contributed by atoms with van der Waals surface area (Å²) < 4.78 is 1.17. The Morgan fingerprint density at radius 1 is 1.25 bits per heavy atom. The average molecular weight is 273 g/mol. The first-order valence-electron chi connectivity index (χ1n) is 5.32. The van der Waals surface area contributed by atoms with Crippen LogP contribution >= 0.6 is 0 Å². The molecule has 0 aliphatic rings. The minimum atomic E-state index is -0.795. The molecule has 0 bridgehead atoms. The van der Waals surface area contributed by atoms with Gasteiger partial charge in [-0.15, -0.1) is 0 Å². The van der Waals surface area contributed by atoms with Gasteiger partial charge in [-0.25, -0.2) is 0 Å². The molecule has 0 spiro atoms. The third kappa shape index (κ3) is 1.95. The summed E-state index contributed by atoms with van der Waals surface area (Å²) in [5.74, 6) is -0.622. The highest BCUT2D eigenvalue weighted by Crippen LogP contribution is 2.31. The van der Waals surface area contributed by atoms with E-state index in [-0.39, 0.29) is 22.8 Å². The number of imidazole rings is 1. The number of nitro benzene ring substituents is 1. The van der Waals surface area contributed by atoms with Crippen molar-refractivity contribution in [3.63, 3.8) is 0 Å². The molecule has 0 unspecified atom stereocenters. The molecule has 9 nitrogen and oxygen atoms in total. The highest BCUT2D eigenvalue weighted by molar-refractivity contribution is 5.70. The van der Waals surface area contributed by atoms with E-state index < -0.39 is 15.7 Å². The zero-order chi connectivity index (χ0) is 14.9. The monoisotopic (exact) mass is 273 g/mol. The van der Waals surface area contributed by atoms with Crippen LogP contribution in [-0.4, -0.2) is 19.4 Å². The van der Waals surface area contributed by atoms with Crippen LogP contribution in [0.4, 0.5) is 11.5 Å². The van der Waals surface area contributed by atoms with E-state index in [1.165, 1.54) is 29.8 Å². The Kier molecular flexibility index (Phi) is 3.14. The molecular weight excluding hydrogens is 266 g/mol. The molecule has 0 aliphatic heterocycles. The third-order valence-electron chi connectivity index (χ3n) is 2.70. The van der Waals surface area contributed by atoms with E-state index >= 15 is 0 Å². The van der Waals surface area contributed by atoms with Crippen LogP contribution in [0.5, 0.6) is 0 Å². The van der Waals surface area contributed by atoms with Gasteiger partial charge in [0.1, 0.15) is 11.6 Å². The molecule has 1 aromatic carbocycles. The SMILES string of the molecule is Cn1c(-c2ccccc2[N+](=O)[O-])nc([N+](=O)[O-])c1C#N. The topological polar surface area (TPSA) is 128 Å². The van der Waals surface area contributed by atoms with E-state index in [1.807, 2.05) is 0 Å². The van der Waals surface area contributed by atoms with E-state index in [1.54, 1.807) is 12.1 Å². The molecule has 0 saturated carbocycles. The van der Waals surface area contributed by atoms with Gasteiger partial charge in [0.2, 0.25) is 5.69 Å². The average Bonchev–Trinajstić information content (AvgIpc) is 2.75. The van der Waals surface area contributed by atoms with Crippen molar-refractivity contribution < 1.29 is 9.85 Å². The van der Waals surface area contributed by atoms with Gasteiger partial charge in [0.25, 0.3) is 11.5 Å². The first-order valence-corrected chi connectivity index (χ1v) is 5.32. The van der Waals surface area contributed by atoms with Crippen LogP contribution in [0, 0.1) is 31.6 Å². The quantitative estimate of drug-likeness (QED) is 0.619. The number of hydrogen-bond acceptors (Lipinski definition) is 6. The Morgan fingerprint density at radius 2 is 1.90 bits per heavy atom. The van der Waals surface area contributed by atoms with Crippen LogP contribution in [0.15, 0.2) is 24.3 Å². The molecule has 2 aromatic rings. The van der Waals surface area contributed by atoms with E-state index in [4.69, 9.17) is 5.26 Å². The molecule has 2 rings (SSSR count). The van der Waals surface area contributed by atoms with Gasteiger partial charge >= 0.3 is 5.82 Å². The number of aromatic nitrogens is 2. The molecule has 9 heteroatoms. The number of nitriles is 1. The van der Waals surface area contributed by atoms with Crippen molar-refractivity contribution in [1.82, 2.24) is 9.55 Å². The van der Waals surface area contributed by atoms with Crippen molar-refractivity contribution in [3.05, 3.63) is 50.2 Å². The summed E-state index contributed by atoms with van der Waals surface area (Å²) in [5.41, 5.74) is -0.382. The predicted octanol–water partition coefficient (Wildman–Crippen LogP) is 1.78. The number of para-hydroxylation sites is 1. The van der Waals surface area contributed by atoms with Gasteiger partial charge in [-0.2, -0.15) is 5.26 Å². The highest BCUT2D eigenvalue weighted by Gasteiger charge is 2.30. The highest BCUT2D eigenvalue weighted by atomic mass is 16.6. The molecule has 1 aromatic heterocycles. The van der Waals surface area contributed by atoms with Gasteiger partial charge in [0.05, 0.1) is 4.92 Å². The molecule has 20 heavy (non-hydrogen) atoms. The Morgan fingerprint density at radius 3 is 2.40 bits per heavy atom. The lowest BCUT2D eigenvalue weighted by Gasteiger charge is -1.99. The van der Waals surface area contributed by atoms with Crippen molar-refractivity contribution in [2.24, 2.45) is 7.05 Å². The van der Waals surface area contributed by atoms with Crippen LogP contribution in [0.1, 0.15) is 5.69 Å². The van der Waals surface area contributed by atoms with Gasteiger partial charge in [-0.1, -0.05) is 12.1 Å². The molecule has 0 aliphatic carbocycles. The first kappa shape index (κ1) is 13.2. The fourth-order valence-electron chi connectivity index (χ4n) is 1.80. The summed E-state index contributed by atoms with van der Waals surface area (Å²) in [6.45, 7) is 0. The minimum absolute atomic E-state index is 0.000509. The Bertz CT molecular complexity index is 759. The maximum absolute atomic E-state index is 11.0. The molecule has 0 amide bonds. The van der Waals surface area contributed by atoms with Crippen LogP contribution in [0.25, 0.3) is 11.4 Å². The Balaban J connectivity index is 2.76. The zero-order valence-corrected chi connectivity index (χ0v) is 10.2. The van der Waals surface area contributed by atoms with Crippen molar-refractivity contribution >= 4 is 11.5 Å². The zero-order valence-electron chi connectivity index (χ0n) is 10.2. The van der Waals surface area contributed by atoms with E-state index in [9.17, 15) is 20.2 Å². The minimum Gasteiger partial charge on any atom is -0.358 e. The number of hydrogen-bond donors (Lipinski definition) is 0. The number of benzene rings is 1. The molecule has 0 fully saturated rings. The maximum Gasteiger partial charge on any atom is 0.400 e. The smallest absolute Gasteiger partial charge is 0.358 e. The van der Waals surface area contributed by atoms with E-state index in [2.05, 4.69) is 4.98 Å². The first-order chi connectivity index (χ1) is 9.47. The number of nitro groups is 2. The molecular formula is C11H7N5O4. The molecule has 0 radical (unpaired) electrons. The number of nitrogens with zero attached hydrogens (tertiary/aromatic N) is 5.